The number of imide groups is 1. The third-order valence-corrected chi connectivity index (χ3v) is 11.5. The van der Waals surface area contributed by atoms with Gasteiger partial charge in [-0.15, -0.1) is 0 Å². The van der Waals surface area contributed by atoms with Crippen LogP contribution in [0.5, 0.6) is 5.75 Å². The third-order valence-electron chi connectivity index (χ3n) is 11.5. The fourth-order valence-electron chi connectivity index (χ4n) is 10.4. The van der Waals surface area contributed by atoms with E-state index >= 15 is 0 Å². The van der Waals surface area contributed by atoms with E-state index < -0.39 is 5.92 Å². The second-order valence-corrected chi connectivity index (χ2v) is 13.0. The van der Waals surface area contributed by atoms with Gasteiger partial charge in [-0.2, -0.15) is 0 Å². The molecule has 3 heterocycles. The number of rotatable bonds is 3. The van der Waals surface area contributed by atoms with Gasteiger partial charge in [0.15, 0.2) is 0 Å². The number of aromatic hydroxyl groups is 1. The molecule has 0 spiro atoms. The highest BCUT2D eigenvalue weighted by Crippen LogP contribution is 2.75. The van der Waals surface area contributed by atoms with E-state index in [4.69, 9.17) is 0 Å². The molecular weight excluding hydrogens is 454 g/mol. The number of nitrogens with zero attached hydrogens (tertiary/aromatic N) is 2. The SMILES string of the molecule is O=C1CC(C(=O)N2C[C@H]3CC45CCC2C3C42CCN(CC3CC3)C5Cc3ccc(O)cc32)CC(=O)N1. The molecule has 6 fully saturated rings. The molecule has 7 aliphatic rings. The maximum Gasteiger partial charge on any atom is 0.227 e. The van der Waals surface area contributed by atoms with Crippen molar-refractivity contribution in [1.82, 2.24) is 15.1 Å². The van der Waals surface area contributed by atoms with Crippen molar-refractivity contribution in [2.45, 2.75) is 75.3 Å². The minimum atomic E-state index is -0.523. The number of phenols is 1. The van der Waals surface area contributed by atoms with Gasteiger partial charge in [-0.25, -0.2) is 0 Å². The predicted octanol–water partition coefficient (Wildman–Crippen LogP) is 2.35. The summed E-state index contributed by atoms with van der Waals surface area (Å²) in [7, 11) is 0. The van der Waals surface area contributed by atoms with Crippen molar-refractivity contribution in [3.05, 3.63) is 29.3 Å². The topological polar surface area (TPSA) is 90.0 Å². The smallest absolute Gasteiger partial charge is 0.227 e. The summed E-state index contributed by atoms with van der Waals surface area (Å²) < 4.78 is 0. The largest absolute Gasteiger partial charge is 0.508 e. The maximum atomic E-state index is 13.8. The van der Waals surface area contributed by atoms with Gasteiger partial charge in [0.25, 0.3) is 0 Å². The number of hydrogen-bond donors (Lipinski definition) is 2. The van der Waals surface area contributed by atoms with Gasteiger partial charge < -0.3 is 10.0 Å². The number of piperidine rings is 2. The van der Waals surface area contributed by atoms with E-state index in [0.29, 0.717) is 23.6 Å². The van der Waals surface area contributed by atoms with Gasteiger partial charge in [-0.1, -0.05) is 6.07 Å². The molecule has 4 aliphatic carbocycles. The van der Waals surface area contributed by atoms with Gasteiger partial charge in [0.05, 0.1) is 5.92 Å². The summed E-state index contributed by atoms with van der Waals surface area (Å²) in [6.45, 7) is 3.10. The number of amides is 3. The lowest BCUT2D eigenvalue weighted by Crippen LogP contribution is -2.70. The molecule has 7 heteroatoms. The van der Waals surface area contributed by atoms with Crippen molar-refractivity contribution in [3.8, 4) is 5.75 Å². The summed E-state index contributed by atoms with van der Waals surface area (Å²) in [5.74, 6) is 0.910. The number of fused-ring (bicyclic) bond motifs is 1. The van der Waals surface area contributed by atoms with E-state index in [2.05, 4.69) is 27.2 Å². The molecule has 36 heavy (non-hydrogen) atoms. The average molecular weight is 490 g/mol. The van der Waals surface area contributed by atoms with Gasteiger partial charge in [0.2, 0.25) is 17.7 Å². The summed E-state index contributed by atoms with van der Waals surface area (Å²) in [5.41, 5.74) is 2.99. The first-order valence-corrected chi connectivity index (χ1v) is 14.1. The maximum absolute atomic E-state index is 13.8. The van der Waals surface area contributed by atoms with Crippen LogP contribution < -0.4 is 5.32 Å². The fourth-order valence-corrected chi connectivity index (χ4v) is 10.4. The van der Waals surface area contributed by atoms with E-state index in [1.165, 1.54) is 30.5 Å². The highest BCUT2D eigenvalue weighted by molar-refractivity contribution is 6.02. The summed E-state index contributed by atoms with van der Waals surface area (Å²) in [6.07, 6.45) is 8.47. The molecule has 2 N–H and O–H groups in total. The highest BCUT2D eigenvalue weighted by Gasteiger charge is 2.76. The number of nitrogens with one attached hydrogen (secondary N) is 1. The molecule has 5 unspecified atom stereocenters. The second kappa shape index (κ2) is 7.12. The number of carbonyl (C=O) groups is 3. The van der Waals surface area contributed by atoms with Crippen molar-refractivity contribution < 1.29 is 19.5 Å². The Bertz CT molecular complexity index is 1180. The summed E-state index contributed by atoms with van der Waals surface area (Å²) in [5, 5.41) is 13.0. The second-order valence-electron chi connectivity index (χ2n) is 13.0. The summed E-state index contributed by atoms with van der Waals surface area (Å²) in [6, 6.07) is 6.81. The van der Waals surface area contributed by atoms with Crippen LogP contribution in [0.15, 0.2) is 18.2 Å². The van der Waals surface area contributed by atoms with Crippen LogP contribution >= 0.6 is 0 Å². The average Bonchev–Trinajstić information content (AvgIpc) is 3.53. The molecule has 7 nitrogen and oxygen atoms in total. The van der Waals surface area contributed by atoms with E-state index in [1.54, 1.807) is 0 Å². The number of benzene rings is 1. The third kappa shape index (κ3) is 2.65. The zero-order chi connectivity index (χ0) is 24.4. The van der Waals surface area contributed by atoms with E-state index in [9.17, 15) is 19.5 Å². The van der Waals surface area contributed by atoms with Crippen LogP contribution in [-0.2, 0) is 26.2 Å². The van der Waals surface area contributed by atoms with Gasteiger partial charge in [-0.3, -0.25) is 24.6 Å². The minimum Gasteiger partial charge on any atom is -0.508 e. The number of phenolic OH excluding ortho intramolecular Hbond substituents is 1. The first kappa shape index (κ1) is 21.7. The predicted molar refractivity (Wildman–Crippen MR) is 131 cm³/mol. The zero-order valence-electron chi connectivity index (χ0n) is 20.7. The van der Waals surface area contributed by atoms with E-state index in [0.717, 1.165) is 51.1 Å². The summed E-state index contributed by atoms with van der Waals surface area (Å²) in [4.78, 5) is 42.8. The quantitative estimate of drug-likeness (QED) is 0.637. The van der Waals surface area contributed by atoms with Gasteiger partial charge in [-0.05, 0) is 97.9 Å². The molecular formula is C29H35N3O4. The lowest BCUT2D eigenvalue weighted by Gasteiger charge is -2.66. The van der Waals surface area contributed by atoms with Crippen LogP contribution in [0.4, 0.5) is 0 Å². The Morgan fingerprint density at radius 3 is 2.67 bits per heavy atom. The number of hydrogen-bond acceptors (Lipinski definition) is 5. The molecule has 3 aliphatic heterocycles. The Labute approximate surface area is 211 Å². The summed E-state index contributed by atoms with van der Waals surface area (Å²) >= 11 is 0. The molecule has 3 saturated carbocycles. The van der Waals surface area contributed by atoms with E-state index in [1.807, 2.05) is 6.07 Å². The van der Waals surface area contributed by atoms with Crippen LogP contribution in [0.1, 0.15) is 62.5 Å². The molecule has 0 radical (unpaired) electrons. The van der Waals surface area contributed by atoms with Gasteiger partial charge >= 0.3 is 0 Å². The Hall–Kier alpha value is -2.41. The van der Waals surface area contributed by atoms with Crippen molar-refractivity contribution >= 4 is 17.7 Å². The van der Waals surface area contributed by atoms with Crippen LogP contribution in [0.25, 0.3) is 0 Å². The molecule has 1 aromatic carbocycles. The molecule has 3 amide bonds. The number of carbonyl (C=O) groups excluding carboxylic acids is 3. The monoisotopic (exact) mass is 489 g/mol. The molecule has 3 saturated heterocycles. The highest BCUT2D eigenvalue weighted by atomic mass is 16.3. The Morgan fingerprint density at radius 2 is 1.89 bits per heavy atom. The molecule has 0 aromatic heterocycles. The molecule has 8 rings (SSSR count). The van der Waals surface area contributed by atoms with Crippen LogP contribution in [-0.4, -0.2) is 64.3 Å². The lowest BCUT2D eigenvalue weighted by atomic mass is 9.43. The molecule has 6 atom stereocenters. The first-order chi connectivity index (χ1) is 17.4. The van der Waals surface area contributed by atoms with Gasteiger partial charge in [0.1, 0.15) is 5.75 Å². The van der Waals surface area contributed by atoms with Crippen LogP contribution in [0.3, 0.4) is 0 Å². The van der Waals surface area contributed by atoms with Crippen molar-refractivity contribution in [2.75, 3.05) is 19.6 Å². The standard InChI is InChI=1S/C29H35N3O4/c33-20-4-3-17-9-23-28-6-5-22-26(29(28,21(17)12-20)7-8-31(23)14-16-1-2-16)19(13-28)15-32(22)27(36)18-10-24(34)30-25(35)11-18/h3-4,12,16,18-19,22-23,26,33H,1-2,5-11,13-15H2,(H,30,34,35)/t19-,22?,23?,26?,28?,29?/m1/s1. The molecule has 1 aromatic rings. The van der Waals surface area contributed by atoms with Crippen molar-refractivity contribution in [1.29, 1.82) is 0 Å². The van der Waals surface area contributed by atoms with E-state index in [-0.39, 0.29) is 47.4 Å². The van der Waals surface area contributed by atoms with Crippen molar-refractivity contribution in [2.24, 2.45) is 29.1 Å². The number of likely N-dealkylation sites (tertiary alicyclic amines) is 2. The molecule has 4 bridgehead atoms. The molecule has 190 valence electrons. The Morgan fingerprint density at radius 1 is 1.08 bits per heavy atom. The Balaban J connectivity index is 1.20. The first-order valence-electron chi connectivity index (χ1n) is 14.1. The Kier molecular flexibility index (Phi) is 4.28. The fraction of sp³-hybridized carbons (Fsp3) is 0.690. The van der Waals surface area contributed by atoms with Crippen LogP contribution in [0.2, 0.25) is 0 Å². The zero-order valence-corrected chi connectivity index (χ0v) is 20.7. The minimum absolute atomic E-state index is 0.00636. The van der Waals surface area contributed by atoms with Crippen LogP contribution in [0, 0.1) is 29.1 Å². The van der Waals surface area contributed by atoms with Crippen molar-refractivity contribution in [3.63, 3.8) is 0 Å². The normalized spacial score (nSPS) is 41.2. The van der Waals surface area contributed by atoms with Gasteiger partial charge in [0, 0.05) is 43.4 Å². The lowest BCUT2D eigenvalue weighted by molar-refractivity contribution is -0.150.